The molecule has 4 aromatic rings. The molecule has 2 heterocycles. The highest BCUT2D eigenvalue weighted by atomic mass is 32.1. The zero-order valence-electron chi connectivity index (χ0n) is 16.8. The highest BCUT2D eigenvalue weighted by Gasteiger charge is 2.18. The highest BCUT2D eigenvalue weighted by Crippen LogP contribution is 2.23. The van der Waals surface area contributed by atoms with E-state index in [0.717, 1.165) is 21.5 Å². The molecule has 0 bridgehead atoms. The van der Waals surface area contributed by atoms with Gasteiger partial charge in [0.1, 0.15) is 28.7 Å². The molecule has 4 rings (SSSR count). The maximum Gasteiger partial charge on any atom is 0.348 e. The molecule has 158 valence electrons. The summed E-state index contributed by atoms with van der Waals surface area (Å²) >= 11 is 1.07. The molecular formula is C23H20N2O5S. The predicted molar refractivity (Wildman–Crippen MR) is 119 cm³/mol. The number of hydrogen-bond donors (Lipinski definition) is 0. The number of para-hydroxylation sites is 1. The molecule has 0 amide bonds. The van der Waals surface area contributed by atoms with Crippen molar-refractivity contribution >= 4 is 27.5 Å². The fourth-order valence-corrected chi connectivity index (χ4v) is 4.15. The summed E-state index contributed by atoms with van der Waals surface area (Å²) in [6, 6.07) is 20.0. The number of thiophene rings is 1. The van der Waals surface area contributed by atoms with Gasteiger partial charge in [-0.05, 0) is 23.8 Å². The van der Waals surface area contributed by atoms with E-state index in [0.29, 0.717) is 16.0 Å². The second-order valence-electron chi connectivity index (χ2n) is 6.85. The molecule has 0 aliphatic heterocycles. The number of benzene rings is 2. The molecule has 0 atom stereocenters. The number of rotatable bonds is 7. The summed E-state index contributed by atoms with van der Waals surface area (Å²) < 4.78 is 13.5. The predicted octanol–water partition coefficient (Wildman–Crippen LogP) is 3.20. The molecule has 0 radical (unpaired) electrons. The van der Waals surface area contributed by atoms with Gasteiger partial charge < -0.3 is 9.47 Å². The molecule has 0 N–H and O–H groups in total. The third-order valence-corrected chi connectivity index (χ3v) is 5.94. The van der Waals surface area contributed by atoms with Crippen LogP contribution in [0.1, 0.15) is 15.2 Å². The van der Waals surface area contributed by atoms with Gasteiger partial charge in [0, 0.05) is 7.05 Å². The van der Waals surface area contributed by atoms with Crippen LogP contribution in [-0.2, 0) is 24.9 Å². The van der Waals surface area contributed by atoms with Crippen molar-refractivity contribution in [2.45, 2.75) is 13.2 Å². The minimum absolute atomic E-state index is 0.0972. The van der Waals surface area contributed by atoms with Gasteiger partial charge in [-0.15, -0.1) is 11.3 Å². The van der Waals surface area contributed by atoms with Crippen molar-refractivity contribution in [1.82, 2.24) is 9.13 Å². The number of aryl methyl sites for hydroxylation is 1. The third kappa shape index (κ3) is 4.44. The number of fused-ring (bicyclic) bond motifs is 1. The number of hydrogen-bond acceptors (Lipinski definition) is 6. The molecule has 0 saturated heterocycles. The summed E-state index contributed by atoms with van der Waals surface area (Å²) in [4.78, 5) is 38.8. The monoisotopic (exact) mass is 436 g/mol. The standard InChI is InChI=1S/C23H20N2O5S/c1-24-21-18(14-19(31-21)22(27)30-15-16-8-4-2-5-9-16)20(26)25(23(24)28)12-13-29-17-10-6-3-7-11-17/h2-11,14H,12-13,15H2,1H3. The molecule has 7 nitrogen and oxygen atoms in total. The van der Waals surface area contributed by atoms with Gasteiger partial charge >= 0.3 is 11.7 Å². The zero-order chi connectivity index (χ0) is 21.8. The Hall–Kier alpha value is -3.65. The Labute approximate surface area is 181 Å². The molecule has 0 saturated carbocycles. The Balaban J connectivity index is 1.55. The van der Waals surface area contributed by atoms with E-state index in [1.165, 1.54) is 10.6 Å². The van der Waals surface area contributed by atoms with Crippen LogP contribution in [0.15, 0.2) is 76.3 Å². The normalized spacial score (nSPS) is 10.9. The smallest absolute Gasteiger partial charge is 0.348 e. The van der Waals surface area contributed by atoms with Crippen molar-refractivity contribution in [1.29, 1.82) is 0 Å². The van der Waals surface area contributed by atoms with Crippen LogP contribution in [-0.4, -0.2) is 21.7 Å². The molecular weight excluding hydrogens is 416 g/mol. The average molecular weight is 436 g/mol. The highest BCUT2D eigenvalue weighted by molar-refractivity contribution is 7.20. The second-order valence-corrected chi connectivity index (χ2v) is 7.88. The lowest BCUT2D eigenvalue weighted by Crippen LogP contribution is -2.39. The van der Waals surface area contributed by atoms with E-state index in [9.17, 15) is 14.4 Å². The van der Waals surface area contributed by atoms with Gasteiger partial charge in [-0.25, -0.2) is 9.59 Å². The van der Waals surface area contributed by atoms with Crippen molar-refractivity contribution in [3.63, 3.8) is 0 Å². The summed E-state index contributed by atoms with van der Waals surface area (Å²) in [7, 11) is 1.58. The number of aromatic nitrogens is 2. The average Bonchev–Trinajstić information content (AvgIpc) is 3.26. The van der Waals surface area contributed by atoms with Gasteiger partial charge in [-0.1, -0.05) is 48.5 Å². The fourth-order valence-electron chi connectivity index (χ4n) is 3.15. The quantitative estimate of drug-likeness (QED) is 0.416. The van der Waals surface area contributed by atoms with Crippen LogP contribution >= 0.6 is 11.3 Å². The van der Waals surface area contributed by atoms with Crippen molar-refractivity contribution < 1.29 is 14.3 Å². The first-order valence-corrected chi connectivity index (χ1v) is 10.5. The van der Waals surface area contributed by atoms with Crippen molar-refractivity contribution in [2.24, 2.45) is 7.05 Å². The molecule has 0 spiro atoms. The molecule has 0 aliphatic carbocycles. The maximum atomic E-state index is 12.9. The van der Waals surface area contributed by atoms with E-state index in [1.54, 1.807) is 19.2 Å². The maximum absolute atomic E-state index is 12.9. The Morgan fingerprint density at radius 3 is 2.39 bits per heavy atom. The van der Waals surface area contributed by atoms with Gasteiger partial charge in [-0.2, -0.15) is 0 Å². The lowest BCUT2D eigenvalue weighted by molar-refractivity contribution is 0.0478. The molecule has 0 aliphatic rings. The number of esters is 1. The van der Waals surface area contributed by atoms with E-state index in [2.05, 4.69) is 0 Å². The molecule has 0 unspecified atom stereocenters. The van der Waals surface area contributed by atoms with E-state index >= 15 is 0 Å². The topological polar surface area (TPSA) is 79.5 Å². The van der Waals surface area contributed by atoms with Crippen molar-refractivity contribution in [2.75, 3.05) is 6.61 Å². The largest absolute Gasteiger partial charge is 0.492 e. The van der Waals surface area contributed by atoms with Gasteiger partial charge in [0.05, 0.1) is 11.9 Å². The van der Waals surface area contributed by atoms with Crippen molar-refractivity contribution in [3.05, 3.63) is 98.0 Å². The minimum Gasteiger partial charge on any atom is -0.492 e. The molecule has 2 aromatic heterocycles. The fraction of sp³-hybridized carbons (Fsp3) is 0.174. The van der Waals surface area contributed by atoms with Crippen LogP contribution < -0.4 is 16.0 Å². The van der Waals surface area contributed by atoms with Crippen LogP contribution in [0.2, 0.25) is 0 Å². The number of ether oxygens (including phenoxy) is 2. The van der Waals surface area contributed by atoms with Gasteiger partial charge in [0.15, 0.2) is 0 Å². The number of nitrogens with zero attached hydrogens (tertiary/aromatic N) is 2. The van der Waals surface area contributed by atoms with Crippen LogP contribution in [0.25, 0.3) is 10.2 Å². The summed E-state index contributed by atoms with van der Waals surface area (Å²) in [5.74, 6) is 0.128. The SMILES string of the molecule is Cn1c(=O)n(CCOc2ccccc2)c(=O)c2cc(C(=O)OCc3ccccc3)sc21. The number of carbonyl (C=O) groups excluding carboxylic acids is 1. The Morgan fingerprint density at radius 2 is 1.68 bits per heavy atom. The molecule has 0 fully saturated rings. The summed E-state index contributed by atoms with van der Waals surface area (Å²) in [6.07, 6.45) is 0. The first-order valence-electron chi connectivity index (χ1n) is 9.67. The minimum atomic E-state index is -0.532. The van der Waals surface area contributed by atoms with Crippen LogP contribution in [0.4, 0.5) is 0 Å². The Morgan fingerprint density at radius 1 is 1.00 bits per heavy atom. The Bertz CT molecular complexity index is 1320. The van der Waals surface area contributed by atoms with Gasteiger partial charge in [0.2, 0.25) is 0 Å². The third-order valence-electron chi connectivity index (χ3n) is 4.75. The Kier molecular flexibility index (Phi) is 5.99. The summed E-state index contributed by atoms with van der Waals surface area (Å²) in [5, 5.41) is 0.304. The van der Waals surface area contributed by atoms with Gasteiger partial charge in [-0.3, -0.25) is 13.9 Å². The molecule has 2 aromatic carbocycles. The van der Waals surface area contributed by atoms with E-state index in [-0.39, 0.29) is 24.6 Å². The van der Waals surface area contributed by atoms with Crippen molar-refractivity contribution in [3.8, 4) is 5.75 Å². The number of carbonyl (C=O) groups is 1. The lowest BCUT2D eigenvalue weighted by atomic mass is 10.2. The summed E-state index contributed by atoms with van der Waals surface area (Å²) in [6.45, 7) is 0.397. The van der Waals surface area contributed by atoms with Crippen LogP contribution in [0, 0.1) is 0 Å². The van der Waals surface area contributed by atoms with E-state index in [4.69, 9.17) is 9.47 Å². The zero-order valence-corrected chi connectivity index (χ0v) is 17.6. The molecule has 31 heavy (non-hydrogen) atoms. The summed E-state index contributed by atoms with van der Waals surface area (Å²) in [5.41, 5.74) is -0.0431. The second kappa shape index (κ2) is 9.01. The van der Waals surface area contributed by atoms with Gasteiger partial charge in [0.25, 0.3) is 5.56 Å². The molecule has 8 heteroatoms. The van der Waals surface area contributed by atoms with Crippen LogP contribution in [0.5, 0.6) is 5.75 Å². The van der Waals surface area contributed by atoms with E-state index < -0.39 is 17.2 Å². The first-order chi connectivity index (χ1) is 15.0. The van der Waals surface area contributed by atoms with Crippen LogP contribution in [0.3, 0.4) is 0 Å². The lowest BCUT2D eigenvalue weighted by Gasteiger charge is -2.09. The first kappa shape index (κ1) is 20.6. The van der Waals surface area contributed by atoms with E-state index in [1.807, 2.05) is 48.5 Å².